The molecular weight excluding hydrogens is 304 g/mol. The summed E-state index contributed by atoms with van der Waals surface area (Å²) in [5.74, 6) is -3.05. The fourth-order valence-electron chi connectivity index (χ4n) is 2.08. The van der Waals surface area contributed by atoms with Gasteiger partial charge in [-0.15, -0.1) is 0 Å². The monoisotopic (exact) mass is 319 g/mol. The van der Waals surface area contributed by atoms with Crippen molar-refractivity contribution in [2.75, 3.05) is 6.61 Å². The van der Waals surface area contributed by atoms with Crippen LogP contribution < -0.4 is 5.14 Å². The summed E-state index contributed by atoms with van der Waals surface area (Å²) in [6.07, 6.45) is 4.00. The number of halogens is 2. The Bertz CT molecular complexity index is 656. The molecule has 0 spiro atoms. The molecule has 0 unspecified atom stereocenters. The number of carbonyl (C=O) groups excluding carboxylic acids is 1. The van der Waals surface area contributed by atoms with Gasteiger partial charge in [-0.05, 0) is 18.4 Å². The molecule has 1 aliphatic rings. The minimum atomic E-state index is -4.38. The van der Waals surface area contributed by atoms with E-state index < -0.39 is 38.1 Å². The highest BCUT2D eigenvalue weighted by Crippen LogP contribution is 2.29. The third-order valence-corrected chi connectivity index (χ3v) is 4.46. The zero-order valence-corrected chi connectivity index (χ0v) is 12.0. The van der Waals surface area contributed by atoms with Crippen molar-refractivity contribution < 1.29 is 26.7 Å². The number of esters is 1. The summed E-state index contributed by atoms with van der Waals surface area (Å²) >= 11 is 0. The van der Waals surface area contributed by atoms with Crippen molar-refractivity contribution in [2.24, 2.45) is 11.1 Å². The zero-order valence-electron chi connectivity index (χ0n) is 11.1. The predicted octanol–water partition coefficient (Wildman–Crippen LogP) is 1.96. The summed E-state index contributed by atoms with van der Waals surface area (Å²) in [5, 5.41) is 4.80. The molecule has 1 aromatic rings. The number of benzene rings is 1. The topological polar surface area (TPSA) is 86.5 Å². The van der Waals surface area contributed by atoms with Crippen molar-refractivity contribution in [2.45, 2.75) is 30.6 Å². The van der Waals surface area contributed by atoms with Crippen LogP contribution in [0.5, 0.6) is 0 Å². The smallest absolute Gasteiger partial charge is 0.341 e. The Morgan fingerprint density at radius 2 is 1.95 bits per heavy atom. The number of ether oxygens (including phenoxy) is 1. The average Bonchev–Trinajstić information content (AvgIpc) is 2.30. The lowest BCUT2D eigenvalue weighted by atomic mass is 9.83. The van der Waals surface area contributed by atoms with Crippen LogP contribution in [-0.4, -0.2) is 21.0 Å². The lowest BCUT2D eigenvalue weighted by Gasteiger charge is -2.24. The molecule has 2 N–H and O–H groups in total. The van der Waals surface area contributed by atoms with E-state index in [1.54, 1.807) is 0 Å². The molecule has 0 heterocycles. The van der Waals surface area contributed by atoms with Crippen molar-refractivity contribution in [3.8, 4) is 0 Å². The highest BCUT2D eigenvalue weighted by atomic mass is 32.2. The molecule has 1 aromatic carbocycles. The van der Waals surface area contributed by atoms with Crippen LogP contribution in [0, 0.1) is 17.6 Å². The third-order valence-electron chi connectivity index (χ3n) is 3.53. The molecule has 0 atom stereocenters. The zero-order chi connectivity index (χ0) is 15.6. The van der Waals surface area contributed by atoms with Crippen molar-refractivity contribution in [3.05, 3.63) is 29.3 Å². The summed E-state index contributed by atoms with van der Waals surface area (Å²) in [4.78, 5) is 10.8. The van der Waals surface area contributed by atoms with Gasteiger partial charge in [0.15, 0.2) is 0 Å². The van der Waals surface area contributed by atoms with Gasteiger partial charge < -0.3 is 4.74 Å². The van der Waals surface area contributed by atoms with Crippen LogP contribution in [0.15, 0.2) is 17.0 Å². The minimum absolute atomic E-state index is 0.116. The van der Waals surface area contributed by atoms with Gasteiger partial charge in [-0.3, -0.25) is 0 Å². The molecule has 5 nitrogen and oxygen atoms in total. The molecule has 1 saturated carbocycles. The van der Waals surface area contributed by atoms with E-state index in [9.17, 15) is 22.0 Å². The molecule has 0 aliphatic heterocycles. The molecule has 116 valence electrons. The minimum Gasteiger partial charge on any atom is -0.462 e. The summed E-state index contributed by atoms with van der Waals surface area (Å²) in [5.41, 5.74) is -0.644. The van der Waals surface area contributed by atoms with E-state index in [1.807, 2.05) is 0 Å². The predicted molar refractivity (Wildman–Crippen MR) is 70.0 cm³/mol. The van der Waals surface area contributed by atoms with E-state index in [0.29, 0.717) is 24.5 Å². The molecule has 1 fully saturated rings. The second kappa shape index (κ2) is 6.07. The van der Waals surface area contributed by atoms with Crippen molar-refractivity contribution in [3.63, 3.8) is 0 Å². The Hall–Kier alpha value is -1.54. The maximum atomic E-state index is 13.6. The van der Waals surface area contributed by atoms with Gasteiger partial charge in [0.2, 0.25) is 10.0 Å². The van der Waals surface area contributed by atoms with Crippen molar-refractivity contribution in [1.82, 2.24) is 0 Å². The number of primary sulfonamides is 1. The number of hydrogen-bond donors (Lipinski definition) is 1. The molecule has 0 aromatic heterocycles. The number of hydrogen-bond acceptors (Lipinski definition) is 4. The summed E-state index contributed by atoms with van der Waals surface area (Å²) in [6.45, 7) is 0.116. The Balaban J connectivity index is 2.12. The molecule has 21 heavy (non-hydrogen) atoms. The second-order valence-corrected chi connectivity index (χ2v) is 6.56. The Morgan fingerprint density at radius 3 is 2.48 bits per heavy atom. The molecule has 0 radical (unpaired) electrons. The van der Waals surface area contributed by atoms with E-state index in [-0.39, 0.29) is 6.61 Å². The first kappa shape index (κ1) is 15.8. The Kier molecular flexibility index (Phi) is 4.58. The fourth-order valence-corrected chi connectivity index (χ4v) is 2.69. The number of nitrogens with two attached hydrogens (primary N) is 1. The van der Waals surface area contributed by atoms with Gasteiger partial charge in [0.25, 0.3) is 0 Å². The van der Waals surface area contributed by atoms with Gasteiger partial charge in [0.05, 0.1) is 12.2 Å². The molecular formula is C13H15F2NO4S. The third kappa shape index (κ3) is 3.76. The summed E-state index contributed by atoms with van der Waals surface area (Å²) in [7, 11) is -4.38. The van der Waals surface area contributed by atoms with Gasteiger partial charge in [-0.2, -0.15) is 0 Å². The summed E-state index contributed by atoms with van der Waals surface area (Å²) < 4.78 is 54.1. The molecule has 8 heteroatoms. The van der Waals surface area contributed by atoms with E-state index in [4.69, 9.17) is 9.88 Å². The van der Waals surface area contributed by atoms with Gasteiger partial charge in [-0.1, -0.05) is 19.3 Å². The molecule has 0 amide bonds. The summed E-state index contributed by atoms with van der Waals surface area (Å²) in [6, 6.07) is 0.869. The molecule has 1 aliphatic carbocycles. The van der Waals surface area contributed by atoms with Crippen molar-refractivity contribution >= 4 is 16.0 Å². The maximum absolute atomic E-state index is 13.6. The average molecular weight is 319 g/mol. The highest BCUT2D eigenvalue weighted by molar-refractivity contribution is 7.89. The first-order chi connectivity index (χ1) is 9.79. The van der Waals surface area contributed by atoms with E-state index in [0.717, 1.165) is 19.3 Å². The van der Waals surface area contributed by atoms with Crippen LogP contribution in [0.1, 0.15) is 36.0 Å². The van der Waals surface area contributed by atoms with Crippen LogP contribution in [-0.2, 0) is 14.8 Å². The second-order valence-electron chi connectivity index (χ2n) is 5.03. The maximum Gasteiger partial charge on any atom is 0.341 e. The Morgan fingerprint density at radius 1 is 1.29 bits per heavy atom. The van der Waals surface area contributed by atoms with E-state index in [2.05, 4.69) is 0 Å². The fraction of sp³-hybridized carbons (Fsp3) is 0.462. The number of rotatable bonds is 5. The quantitative estimate of drug-likeness (QED) is 0.841. The molecule has 2 rings (SSSR count). The highest BCUT2D eigenvalue weighted by Gasteiger charge is 2.23. The first-order valence-corrected chi connectivity index (χ1v) is 8.02. The lowest BCUT2D eigenvalue weighted by Crippen LogP contribution is -2.18. The van der Waals surface area contributed by atoms with Crippen LogP contribution in [0.4, 0.5) is 8.78 Å². The largest absolute Gasteiger partial charge is 0.462 e. The van der Waals surface area contributed by atoms with Crippen molar-refractivity contribution in [1.29, 1.82) is 0 Å². The van der Waals surface area contributed by atoms with Gasteiger partial charge in [0.1, 0.15) is 16.5 Å². The van der Waals surface area contributed by atoms with E-state index in [1.165, 1.54) is 0 Å². The number of carbonyl (C=O) groups is 1. The molecule has 0 bridgehead atoms. The van der Waals surface area contributed by atoms with Gasteiger partial charge in [-0.25, -0.2) is 27.1 Å². The van der Waals surface area contributed by atoms with Crippen LogP contribution in [0.2, 0.25) is 0 Å². The number of sulfonamides is 1. The van der Waals surface area contributed by atoms with Gasteiger partial charge >= 0.3 is 5.97 Å². The standard InChI is InChI=1S/C13H15F2NO4S/c14-10-7-11(15)12(21(16,18)19)6-9(10)13(17)20-5-4-8-2-1-3-8/h6-8H,1-5H2,(H2,16,18,19). The van der Waals surface area contributed by atoms with Crippen LogP contribution in [0.3, 0.4) is 0 Å². The lowest BCUT2D eigenvalue weighted by molar-refractivity contribution is 0.0458. The van der Waals surface area contributed by atoms with Crippen LogP contribution >= 0.6 is 0 Å². The Labute approximate surface area is 121 Å². The van der Waals surface area contributed by atoms with Crippen LogP contribution in [0.25, 0.3) is 0 Å². The molecule has 0 saturated heterocycles. The SMILES string of the molecule is NS(=O)(=O)c1cc(C(=O)OCCC2CCC2)c(F)cc1F. The van der Waals surface area contributed by atoms with Gasteiger partial charge in [0, 0.05) is 6.07 Å². The first-order valence-electron chi connectivity index (χ1n) is 6.48. The van der Waals surface area contributed by atoms with E-state index >= 15 is 0 Å². The normalized spacial score (nSPS) is 15.6.